The normalized spacial score (nSPS) is 12.7. The lowest BCUT2D eigenvalue weighted by Crippen LogP contribution is -2.41. The number of carbonyl (C=O) groups excluding carboxylic acids is 2. The minimum Gasteiger partial charge on any atom is -0.496 e. The summed E-state index contributed by atoms with van der Waals surface area (Å²) in [5.74, 6) is 0.519. The predicted octanol–water partition coefficient (Wildman–Crippen LogP) is 2.07. The maximum absolute atomic E-state index is 12.6. The summed E-state index contributed by atoms with van der Waals surface area (Å²) in [6, 6.07) is 6.25. The maximum atomic E-state index is 12.6. The zero-order chi connectivity index (χ0) is 18.2. The second kappa shape index (κ2) is 9.43. The van der Waals surface area contributed by atoms with Crippen LogP contribution in [0.3, 0.4) is 0 Å². The fourth-order valence-corrected chi connectivity index (χ4v) is 3.37. The maximum Gasteiger partial charge on any atom is 0.270 e. The van der Waals surface area contributed by atoms with Gasteiger partial charge in [0.05, 0.1) is 12.7 Å². The number of ether oxygens (including phenoxy) is 1. The first-order valence-electron chi connectivity index (χ1n) is 7.68. The van der Waals surface area contributed by atoms with Gasteiger partial charge in [0.15, 0.2) is 4.80 Å². The van der Waals surface area contributed by atoms with Crippen LogP contribution in [0.5, 0.6) is 5.75 Å². The van der Waals surface area contributed by atoms with Crippen LogP contribution in [0.25, 0.3) is 0 Å². The molecule has 0 aliphatic rings. The molecule has 0 saturated heterocycles. The smallest absolute Gasteiger partial charge is 0.270 e. The number of benzene rings is 1. The summed E-state index contributed by atoms with van der Waals surface area (Å²) in [5, 5.41) is 4.65. The van der Waals surface area contributed by atoms with Gasteiger partial charge in [-0.1, -0.05) is 12.1 Å². The number of amides is 2. The first-order valence-corrected chi connectivity index (χ1v) is 9.95. The Morgan fingerprint density at radius 3 is 2.80 bits per heavy atom. The summed E-state index contributed by atoms with van der Waals surface area (Å²) in [6.07, 6.45) is 4.31. The molecule has 1 aromatic heterocycles. The Balaban J connectivity index is 2.21. The predicted molar refractivity (Wildman–Crippen MR) is 101 cm³/mol. The molecule has 0 spiro atoms. The quantitative estimate of drug-likeness (QED) is 0.799. The van der Waals surface area contributed by atoms with Crippen LogP contribution in [-0.4, -0.2) is 41.5 Å². The first-order chi connectivity index (χ1) is 12.1. The van der Waals surface area contributed by atoms with Crippen LogP contribution in [0, 0.1) is 0 Å². The van der Waals surface area contributed by atoms with Gasteiger partial charge in [-0.05, 0) is 30.6 Å². The number of para-hydroxylation sites is 1. The molecular weight excluding hydrogens is 358 g/mol. The Labute approximate surface area is 154 Å². The van der Waals surface area contributed by atoms with Crippen LogP contribution < -0.4 is 14.9 Å². The van der Waals surface area contributed by atoms with Gasteiger partial charge in [0.25, 0.3) is 11.8 Å². The lowest BCUT2D eigenvalue weighted by Gasteiger charge is -2.16. The van der Waals surface area contributed by atoms with Crippen LogP contribution in [0.4, 0.5) is 0 Å². The molecule has 25 heavy (non-hydrogen) atoms. The SMILES string of the molecule is COc1ccccc1C(=O)N[C@H](CCSC)C(=O)N=c1sccn1C. The van der Waals surface area contributed by atoms with Crippen LogP contribution in [-0.2, 0) is 11.8 Å². The van der Waals surface area contributed by atoms with E-state index in [0.29, 0.717) is 22.5 Å². The highest BCUT2D eigenvalue weighted by molar-refractivity contribution is 7.98. The largest absolute Gasteiger partial charge is 0.496 e. The highest BCUT2D eigenvalue weighted by Gasteiger charge is 2.22. The summed E-state index contributed by atoms with van der Waals surface area (Å²) in [4.78, 5) is 29.9. The molecule has 0 unspecified atom stereocenters. The van der Waals surface area contributed by atoms with E-state index < -0.39 is 6.04 Å². The summed E-state index contributed by atoms with van der Waals surface area (Å²) in [7, 11) is 3.33. The van der Waals surface area contributed by atoms with Crippen molar-refractivity contribution in [2.75, 3.05) is 19.1 Å². The molecule has 1 aromatic carbocycles. The minimum atomic E-state index is -0.674. The van der Waals surface area contributed by atoms with Crippen LogP contribution in [0.1, 0.15) is 16.8 Å². The van der Waals surface area contributed by atoms with E-state index in [4.69, 9.17) is 4.74 Å². The minimum absolute atomic E-state index is 0.345. The molecule has 6 nitrogen and oxygen atoms in total. The van der Waals surface area contributed by atoms with Gasteiger partial charge in [0.1, 0.15) is 11.8 Å². The van der Waals surface area contributed by atoms with Gasteiger partial charge in [0.2, 0.25) is 0 Å². The zero-order valence-corrected chi connectivity index (χ0v) is 16.0. The number of aryl methyl sites for hydroxylation is 1. The van der Waals surface area contributed by atoms with E-state index in [2.05, 4.69) is 10.3 Å². The fraction of sp³-hybridized carbons (Fsp3) is 0.353. The number of aromatic nitrogens is 1. The second-order valence-electron chi connectivity index (χ2n) is 5.25. The summed E-state index contributed by atoms with van der Waals surface area (Å²) >= 11 is 2.99. The average molecular weight is 380 g/mol. The third-order valence-electron chi connectivity index (χ3n) is 3.53. The highest BCUT2D eigenvalue weighted by atomic mass is 32.2. The van der Waals surface area contributed by atoms with Crippen molar-refractivity contribution < 1.29 is 14.3 Å². The van der Waals surface area contributed by atoms with Gasteiger partial charge in [-0.15, -0.1) is 11.3 Å². The van der Waals surface area contributed by atoms with E-state index in [9.17, 15) is 9.59 Å². The third-order valence-corrected chi connectivity index (χ3v) is 5.02. The number of hydrogen-bond acceptors (Lipinski definition) is 5. The molecule has 1 N–H and O–H groups in total. The van der Waals surface area contributed by atoms with E-state index in [0.717, 1.165) is 5.75 Å². The number of methoxy groups -OCH3 is 1. The van der Waals surface area contributed by atoms with E-state index >= 15 is 0 Å². The average Bonchev–Trinajstić information content (AvgIpc) is 3.02. The molecule has 0 saturated carbocycles. The Morgan fingerprint density at radius 2 is 2.16 bits per heavy atom. The first kappa shape index (κ1) is 19.3. The molecule has 0 aliphatic heterocycles. The molecule has 0 bridgehead atoms. The lowest BCUT2D eigenvalue weighted by molar-refractivity contribution is -0.119. The van der Waals surface area contributed by atoms with Gasteiger partial charge >= 0.3 is 0 Å². The Morgan fingerprint density at radius 1 is 1.40 bits per heavy atom. The van der Waals surface area contributed by atoms with Crippen molar-refractivity contribution in [3.8, 4) is 5.75 Å². The van der Waals surface area contributed by atoms with Gasteiger partial charge in [-0.2, -0.15) is 16.8 Å². The van der Waals surface area contributed by atoms with E-state index in [-0.39, 0.29) is 11.8 Å². The van der Waals surface area contributed by atoms with Crippen molar-refractivity contribution >= 4 is 34.9 Å². The van der Waals surface area contributed by atoms with Crippen molar-refractivity contribution in [1.29, 1.82) is 0 Å². The molecule has 0 aliphatic carbocycles. The molecule has 2 aromatic rings. The number of nitrogens with zero attached hydrogens (tertiary/aromatic N) is 2. The second-order valence-corrected chi connectivity index (χ2v) is 7.11. The standard InChI is InChI=1S/C17H21N3O3S2/c1-20-9-11-25-17(20)19-16(22)13(8-10-24-3)18-15(21)12-6-4-5-7-14(12)23-2/h4-7,9,11,13H,8,10H2,1-3H3,(H,18,21)/t13-/m1/s1. The topological polar surface area (TPSA) is 72.7 Å². The molecule has 1 atom stereocenters. The lowest BCUT2D eigenvalue weighted by atomic mass is 10.1. The number of thiazole rings is 1. The van der Waals surface area contributed by atoms with Gasteiger partial charge < -0.3 is 14.6 Å². The van der Waals surface area contributed by atoms with Crippen LogP contribution in [0.15, 0.2) is 40.8 Å². The van der Waals surface area contributed by atoms with Crippen molar-refractivity contribution in [2.45, 2.75) is 12.5 Å². The van der Waals surface area contributed by atoms with Crippen molar-refractivity contribution in [3.05, 3.63) is 46.2 Å². The number of rotatable bonds is 7. The van der Waals surface area contributed by atoms with Crippen LogP contribution >= 0.6 is 23.1 Å². The molecular formula is C17H21N3O3S2. The summed E-state index contributed by atoms with van der Waals surface area (Å²) in [6.45, 7) is 0. The van der Waals surface area contributed by atoms with Crippen molar-refractivity contribution in [3.63, 3.8) is 0 Å². The Hall–Kier alpha value is -2.06. The molecule has 0 radical (unpaired) electrons. The Kier molecular flexibility index (Phi) is 7.27. The molecule has 2 rings (SSSR count). The molecule has 2 amide bonds. The Bertz CT molecular complexity index is 798. The number of hydrogen-bond donors (Lipinski definition) is 1. The van der Waals surface area contributed by atoms with Crippen molar-refractivity contribution in [2.24, 2.45) is 12.0 Å². The number of carbonyl (C=O) groups is 2. The summed E-state index contributed by atoms with van der Waals surface area (Å²) in [5.41, 5.74) is 0.397. The van der Waals surface area contributed by atoms with E-state index in [1.54, 1.807) is 40.6 Å². The monoisotopic (exact) mass is 379 g/mol. The van der Waals surface area contributed by atoms with Crippen LogP contribution in [0.2, 0.25) is 0 Å². The fourth-order valence-electron chi connectivity index (χ4n) is 2.17. The zero-order valence-electron chi connectivity index (χ0n) is 14.4. The van der Waals surface area contributed by atoms with Crippen molar-refractivity contribution in [1.82, 2.24) is 9.88 Å². The highest BCUT2D eigenvalue weighted by Crippen LogP contribution is 2.17. The molecule has 134 valence electrons. The molecule has 0 fully saturated rings. The van der Waals surface area contributed by atoms with Gasteiger partial charge in [0, 0.05) is 18.6 Å². The number of nitrogens with one attached hydrogen (secondary N) is 1. The number of thioether (sulfide) groups is 1. The van der Waals surface area contributed by atoms with Gasteiger partial charge in [-0.25, -0.2) is 0 Å². The van der Waals surface area contributed by atoms with Gasteiger partial charge in [-0.3, -0.25) is 9.59 Å². The summed E-state index contributed by atoms with van der Waals surface area (Å²) < 4.78 is 6.99. The molecule has 8 heteroatoms. The van der Waals surface area contributed by atoms with E-state index in [1.165, 1.54) is 18.4 Å². The molecule has 1 heterocycles. The third kappa shape index (κ3) is 5.20. The van der Waals surface area contributed by atoms with E-state index in [1.807, 2.05) is 24.9 Å².